The van der Waals surface area contributed by atoms with Crippen molar-refractivity contribution in [2.24, 2.45) is 0 Å². The zero-order valence-electron chi connectivity index (χ0n) is 13.1. The van der Waals surface area contributed by atoms with Gasteiger partial charge in [-0.15, -0.1) is 0 Å². The first-order valence-electron chi connectivity index (χ1n) is 7.50. The normalized spacial score (nSPS) is 21.2. The zero-order chi connectivity index (χ0) is 14.6. The Bertz CT molecular complexity index is 402. The van der Waals surface area contributed by atoms with Crippen LogP contribution in [0.4, 0.5) is 5.82 Å². The van der Waals surface area contributed by atoms with Crippen molar-refractivity contribution in [2.45, 2.75) is 50.9 Å². The predicted octanol–water partition coefficient (Wildman–Crippen LogP) is 3.17. The van der Waals surface area contributed by atoms with E-state index in [1.54, 1.807) is 0 Å². The monoisotopic (exact) mass is 293 g/mol. The summed E-state index contributed by atoms with van der Waals surface area (Å²) in [5.41, 5.74) is 0. The molecule has 112 valence electrons. The van der Waals surface area contributed by atoms with Gasteiger partial charge in [-0.3, -0.25) is 0 Å². The Morgan fingerprint density at radius 1 is 1.45 bits per heavy atom. The van der Waals surface area contributed by atoms with Gasteiger partial charge < -0.3 is 10.2 Å². The maximum atomic E-state index is 4.44. The van der Waals surface area contributed by atoms with Crippen LogP contribution in [0.1, 0.15) is 34.1 Å². The average molecular weight is 293 g/mol. The Morgan fingerprint density at radius 3 is 2.90 bits per heavy atom. The molecule has 0 amide bonds. The van der Waals surface area contributed by atoms with E-state index in [0.717, 1.165) is 18.9 Å². The van der Waals surface area contributed by atoms with E-state index < -0.39 is 0 Å². The molecule has 1 aromatic rings. The van der Waals surface area contributed by atoms with Crippen LogP contribution in [0.2, 0.25) is 0 Å². The highest BCUT2D eigenvalue weighted by Crippen LogP contribution is 2.24. The molecule has 4 heteroatoms. The fraction of sp³-hybridized carbons (Fsp3) is 0.688. The molecule has 1 N–H and O–H groups in total. The fourth-order valence-electron chi connectivity index (χ4n) is 2.47. The first-order valence-corrected chi connectivity index (χ1v) is 8.48. The van der Waals surface area contributed by atoms with Crippen LogP contribution in [0, 0.1) is 0 Å². The van der Waals surface area contributed by atoms with Crippen molar-refractivity contribution in [3.05, 3.63) is 24.4 Å². The molecule has 3 nitrogen and oxygen atoms in total. The summed E-state index contributed by atoms with van der Waals surface area (Å²) < 4.78 is 0.353. The number of rotatable bonds is 5. The van der Waals surface area contributed by atoms with Crippen LogP contribution in [0.15, 0.2) is 24.4 Å². The molecule has 1 aliphatic rings. The van der Waals surface area contributed by atoms with Gasteiger partial charge >= 0.3 is 0 Å². The predicted molar refractivity (Wildman–Crippen MR) is 89.7 cm³/mol. The summed E-state index contributed by atoms with van der Waals surface area (Å²) in [7, 11) is 0. The molecular weight excluding hydrogens is 266 g/mol. The van der Waals surface area contributed by atoms with Gasteiger partial charge in [0.1, 0.15) is 5.82 Å². The van der Waals surface area contributed by atoms with E-state index in [1.165, 1.54) is 12.2 Å². The molecule has 20 heavy (non-hydrogen) atoms. The Kier molecular flexibility index (Phi) is 5.33. The number of thioether (sulfide) groups is 1. The summed E-state index contributed by atoms with van der Waals surface area (Å²) in [5, 5.41) is 3.76. The van der Waals surface area contributed by atoms with E-state index >= 15 is 0 Å². The minimum atomic E-state index is 0.353. The number of hydrogen-bond donors (Lipinski definition) is 1. The summed E-state index contributed by atoms with van der Waals surface area (Å²) in [6.07, 6.45) is 3.08. The number of anilines is 1. The second-order valence-electron chi connectivity index (χ2n) is 6.61. The third-order valence-corrected chi connectivity index (χ3v) is 4.98. The summed E-state index contributed by atoms with van der Waals surface area (Å²) in [6.45, 7) is 11.3. The summed E-state index contributed by atoms with van der Waals surface area (Å²) in [5.74, 6) is 2.28. The molecule has 1 aliphatic heterocycles. The maximum Gasteiger partial charge on any atom is 0.128 e. The SMILES string of the molecule is C[C@H](CSC(C)(C)C)N[C@@H]1CCN(c2ccccn2)C1. The second kappa shape index (κ2) is 6.81. The van der Waals surface area contributed by atoms with Crippen molar-refractivity contribution in [1.82, 2.24) is 10.3 Å². The zero-order valence-corrected chi connectivity index (χ0v) is 13.9. The lowest BCUT2D eigenvalue weighted by Crippen LogP contribution is -2.40. The number of pyridine rings is 1. The van der Waals surface area contributed by atoms with E-state index in [9.17, 15) is 0 Å². The minimum Gasteiger partial charge on any atom is -0.355 e. The quantitative estimate of drug-likeness (QED) is 0.902. The van der Waals surface area contributed by atoms with Crippen LogP contribution >= 0.6 is 11.8 Å². The van der Waals surface area contributed by atoms with Crippen molar-refractivity contribution in [3.8, 4) is 0 Å². The molecule has 1 aromatic heterocycles. The van der Waals surface area contributed by atoms with Gasteiger partial charge in [-0.25, -0.2) is 4.98 Å². The van der Waals surface area contributed by atoms with Crippen LogP contribution in [0.25, 0.3) is 0 Å². The molecule has 0 aromatic carbocycles. The van der Waals surface area contributed by atoms with Gasteiger partial charge in [0.15, 0.2) is 0 Å². The van der Waals surface area contributed by atoms with Gasteiger partial charge in [0.25, 0.3) is 0 Å². The van der Waals surface area contributed by atoms with Gasteiger partial charge in [-0.2, -0.15) is 11.8 Å². The van der Waals surface area contributed by atoms with Crippen molar-refractivity contribution >= 4 is 17.6 Å². The van der Waals surface area contributed by atoms with Gasteiger partial charge in [0, 0.05) is 41.9 Å². The van der Waals surface area contributed by atoms with E-state index in [2.05, 4.69) is 55.0 Å². The highest BCUT2D eigenvalue weighted by Gasteiger charge is 2.24. The topological polar surface area (TPSA) is 28.2 Å². The third-order valence-electron chi connectivity index (χ3n) is 3.45. The van der Waals surface area contributed by atoms with Crippen molar-refractivity contribution in [2.75, 3.05) is 23.7 Å². The third kappa shape index (κ3) is 4.98. The molecule has 0 bridgehead atoms. The van der Waals surface area contributed by atoms with Gasteiger partial charge in [0.2, 0.25) is 0 Å². The molecule has 0 saturated carbocycles. The van der Waals surface area contributed by atoms with Crippen LogP contribution in [0.3, 0.4) is 0 Å². The van der Waals surface area contributed by atoms with Crippen LogP contribution in [0.5, 0.6) is 0 Å². The van der Waals surface area contributed by atoms with Crippen LogP contribution in [-0.4, -0.2) is 40.7 Å². The largest absolute Gasteiger partial charge is 0.355 e. The molecule has 0 unspecified atom stereocenters. The van der Waals surface area contributed by atoms with Crippen molar-refractivity contribution in [3.63, 3.8) is 0 Å². The smallest absolute Gasteiger partial charge is 0.128 e. The maximum absolute atomic E-state index is 4.44. The van der Waals surface area contributed by atoms with Gasteiger partial charge in [-0.05, 0) is 25.5 Å². The Balaban J connectivity index is 1.76. The highest BCUT2D eigenvalue weighted by atomic mass is 32.2. The highest BCUT2D eigenvalue weighted by molar-refractivity contribution is 8.00. The summed E-state index contributed by atoms with van der Waals surface area (Å²) >= 11 is 2.03. The Morgan fingerprint density at radius 2 is 2.25 bits per heavy atom. The number of hydrogen-bond acceptors (Lipinski definition) is 4. The van der Waals surface area contributed by atoms with Gasteiger partial charge in [0.05, 0.1) is 0 Å². The minimum absolute atomic E-state index is 0.353. The first-order chi connectivity index (χ1) is 9.44. The summed E-state index contributed by atoms with van der Waals surface area (Å²) in [4.78, 5) is 6.81. The second-order valence-corrected chi connectivity index (χ2v) is 8.46. The molecule has 1 saturated heterocycles. The fourth-order valence-corrected chi connectivity index (χ4v) is 3.32. The van der Waals surface area contributed by atoms with Crippen molar-refractivity contribution < 1.29 is 0 Å². The molecule has 0 aliphatic carbocycles. The molecular formula is C16H27N3S. The average Bonchev–Trinajstić information content (AvgIpc) is 2.85. The molecule has 0 radical (unpaired) electrons. The van der Waals surface area contributed by atoms with E-state index in [0.29, 0.717) is 16.8 Å². The molecule has 2 heterocycles. The number of nitrogens with zero attached hydrogens (tertiary/aromatic N) is 2. The standard InChI is InChI=1S/C16H27N3S/c1-13(12-20-16(2,3)4)18-14-8-10-19(11-14)15-7-5-6-9-17-15/h5-7,9,13-14,18H,8,10-12H2,1-4H3/t13-,14-/m1/s1. The van der Waals surface area contributed by atoms with Crippen LogP contribution in [-0.2, 0) is 0 Å². The van der Waals surface area contributed by atoms with E-state index in [-0.39, 0.29) is 0 Å². The number of nitrogens with one attached hydrogen (secondary N) is 1. The molecule has 2 atom stereocenters. The Labute approximate surface area is 127 Å². The summed E-state index contributed by atoms with van der Waals surface area (Å²) in [6, 6.07) is 7.29. The first kappa shape index (κ1) is 15.6. The molecule has 1 fully saturated rings. The van der Waals surface area contributed by atoms with Gasteiger partial charge in [-0.1, -0.05) is 26.8 Å². The number of aromatic nitrogens is 1. The van der Waals surface area contributed by atoms with E-state index in [4.69, 9.17) is 0 Å². The van der Waals surface area contributed by atoms with Crippen LogP contribution < -0.4 is 10.2 Å². The lowest BCUT2D eigenvalue weighted by Gasteiger charge is -2.24. The molecule has 0 spiro atoms. The van der Waals surface area contributed by atoms with Crippen molar-refractivity contribution in [1.29, 1.82) is 0 Å². The Hall–Kier alpha value is -0.740. The molecule has 2 rings (SSSR count). The lowest BCUT2D eigenvalue weighted by atomic mass is 10.2. The van der Waals surface area contributed by atoms with E-state index in [1.807, 2.05) is 24.0 Å². The lowest BCUT2D eigenvalue weighted by molar-refractivity contribution is 0.495.